The van der Waals surface area contributed by atoms with Crippen LogP contribution in [0.3, 0.4) is 0 Å². The number of benzene rings is 1. The van der Waals surface area contributed by atoms with Crippen molar-refractivity contribution < 1.29 is 0 Å². The summed E-state index contributed by atoms with van der Waals surface area (Å²) in [5.74, 6) is 1.95. The van der Waals surface area contributed by atoms with E-state index < -0.39 is 0 Å². The SMILES string of the molecule is Cn1c(C2CCCC2)nc2cc(C3(CN)CC3)ccc21. The molecule has 3 nitrogen and oxygen atoms in total. The lowest BCUT2D eigenvalue weighted by molar-refractivity contribution is 0.639. The summed E-state index contributed by atoms with van der Waals surface area (Å²) in [5.41, 5.74) is 10.0. The third-order valence-corrected chi connectivity index (χ3v) is 5.49. The minimum Gasteiger partial charge on any atom is -0.331 e. The van der Waals surface area contributed by atoms with E-state index >= 15 is 0 Å². The van der Waals surface area contributed by atoms with Gasteiger partial charge in [0.25, 0.3) is 0 Å². The van der Waals surface area contributed by atoms with E-state index in [0.29, 0.717) is 5.92 Å². The zero-order valence-corrected chi connectivity index (χ0v) is 12.2. The third kappa shape index (κ3) is 1.72. The van der Waals surface area contributed by atoms with Crippen LogP contribution in [0.5, 0.6) is 0 Å². The molecule has 1 aromatic heterocycles. The van der Waals surface area contributed by atoms with Crippen LogP contribution in [0.4, 0.5) is 0 Å². The Bertz CT molecular complexity index is 646. The fraction of sp³-hybridized carbons (Fsp3) is 0.588. The van der Waals surface area contributed by atoms with Crippen molar-refractivity contribution in [1.82, 2.24) is 9.55 Å². The van der Waals surface area contributed by atoms with Crippen molar-refractivity contribution in [1.29, 1.82) is 0 Å². The van der Waals surface area contributed by atoms with Crippen LogP contribution < -0.4 is 5.73 Å². The maximum absolute atomic E-state index is 5.95. The molecule has 0 bridgehead atoms. The second-order valence-corrected chi connectivity index (χ2v) is 6.70. The molecule has 0 amide bonds. The topological polar surface area (TPSA) is 43.8 Å². The molecule has 1 heterocycles. The monoisotopic (exact) mass is 269 g/mol. The van der Waals surface area contributed by atoms with Gasteiger partial charge in [-0.25, -0.2) is 4.98 Å². The van der Waals surface area contributed by atoms with Crippen molar-refractivity contribution in [3.63, 3.8) is 0 Å². The maximum atomic E-state index is 5.95. The molecule has 0 aliphatic heterocycles. The lowest BCUT2D eigenvalue weighted by Crippen LogP contribution is -2.19. The highest BCUT2D eigenvalue weighted by Gasteiger charge is 2.43. The largest absolute Gasteiger partial charge is 0.331 e. The Morgan fingerprint density at radius 2 is 2.05 bits per heavy atom. The molecule has 0 spiro atoms. The summed E-state index contributed by atoms with van der Waals surface area (Å²) in [7, 11) is 2.17. The molecule has 2 saturated carbocycles. The molecule has 3 heteroatoms. The Balaban J connectivity index is 1.79. The molecule has 1 aromatic carbocycles. The first-order valence-corrected chi connectivity index (χ1v) is 7.90. The van der Waals surface area contributed by atoms with E-state index in [4.69, 9.17) is 10.7 Å². The minimum atomic E-state index is 0.263. The van der Waals surface area contributed by atoms with Crippen molar-refractivity contribution in [3.8, 4) is 0 Å². The summed E-state index contributed by atoms with van der Waals surface area (Å²) in [5, 5.41) is 0. The van der Waals surface area contributed by atoms with Gasteiger partial charge >= 0.3 is 0 Å². The van der Waals surface area contributed by atoms with Gasteiger partial charge in [0.05, 0.1) is 11.0 Å². The van der Waals surface area contributed by atoms with Crippen LogP contribution in [-0.4, -0.2) is 16.1 Å². The summed E-state index contributed by atoms with van der Waals surface area (Å²) in [6.45, 7) is 0.765. The number of nitrogens with two attached hydrogens (primary N) is 1. The van der Waals surface area contributed by atoms with E-state index in [0.717, 1.165) is 12.1 Å². The molecule has 2 aliphatic carbocycles. The summed E-state index contributed by atoms with van der Waals surface area (Å²) in [6.07, 6.45) is 7.78. The fourth-order valence-electron chi connectivity index (χ4n) is 3.86. The Hall–Kier alpha value is -1.35. The molecule has 2 aromatic rings. The normalized spacial score (nSPS) is 21.7. The third-order valence-electron chi connectivity index (χ3n) is 5.49. The van der Waals surface area contributed by atoms with Crippen molar-refractivity contribution in [3.05, 3.63) is 29.6 Å². The predicted molar refractivity (Wildman–Crippen MR) is 81.9 cm³/mol. The first-order chi connectivity index (χ1) is 9.73. The molecule has 4 rings (SSSR count). The quantitative estimate of drug-likeness (QED) is 0.929. The molecule has 106 valence electrons. The van der Waals surface area contributed by atoms with Crippen molar-refractivity contribution in [2.45, 2.75) is 49.9 Å². The second kappa shape index (κ2) is 4.32. The van der Waals surface area contributed by atoms with E-state index in [9.17, 15) is 0 Å². The first-order valence-electron chi connectivity index (χ1n) is 7.90. The summed E-state index contributed by atoms with van der Waals surface area (Å²) >= 11 is 0. The summed E-state index contributed by atoms with van der Waals surface area (Å²) in [4.78, 5) is 4.95. The van der Waals surface area contributed by atoms with Gasteiger partial charge in [0.2, 0.25) is 0 Å². The number of imidazole rings is 1. The van der Waals surface area contributed by atoms with Crippen LogP contribution in [0.25, 0.3) is 11.0 Å². The van der Waals surface area contributed by atoms with Gasteiger partial charge in [-0.15, -0.1) is 0 Å². The molecule has 2 N–H and O–H groups in total. The number of fused-ring (bicyclic) bond motifs is 1. The number of aryl methyl sites for hydroxylation is 1. The standard InChI is InChI=1S/C17H23N3/c1-20-15-7-6-13(17(11-18)8-9-17)10-14(15)19-16(20)12-4-2-3-5-12/h6-7,10,12H,2-5,8-9,11,18H2,1H3. The van der Waals surface area contributed by atoms with Gasteiger partial charge in [-0.1, -0.05) is 18.9 Å². The maximum Gasteiger partial charge on any atom is 0.112 e. The lowest BCUT2D eigenvalue weighted by atomic mass is 9.96. The number of nitrogens with zero attached hydrogens (tertiary/aromatic N) is 2. The fourth-order valence-corrected chi connectivity index (χ4v) is 3.86. The Labute approximate surface area is 120 Å². The highest BCUT2D eigenvalue weighted by Crippen LogP contribution is 2.47. The highest BCUT2D eigenvalue weighted by molar-refractivity contribution is 5.77. The predicted octanol–water partition coefficient (Wildman–Crippen LogP) is 3.22. The van der Waals surface area contributed by atoms with Crippen LogP contribution in [-0.2, 0) is 12.5 Å². The summed E-state index contributed by atoms with van der Waals surface area (Å²) < 4.78 is 2.30. The molecule has 2 aliphatic rings. The molecule has 20 heavy (non-hydrogen) atoms. The van der Waals surface area contributed by atoms with Crippen LogP contribution >= 0.6 is 0 Å². The van der Waals surface area contributed by atoms with Crippen LogP contribution in [0.2, 0.25) is 0 Å². The van der Waals surface area contributed by atoms with Gasteiger partial charge in [0.15, 0.2) is 0 Å². The zero-order valence-electron chi connectivity index (χ0n) is 12.2. The smallest absolute Gasteiger partial charge is 0.112 e. The minimum absolute atomic E-state index is 0.263. The average molecular weight is 269 g/mol. The van der Waals surface area contributed by atoms with E-state index in [-0.39, 0.29) is 5.41 Å². The Kier molecular flexibility index (Phi) is 2.68. The van der Waals surface area contributed by atoms with Gasteiger partial charge < -0.3 is 10.3 Å². The van der Waals surface area contributed by atoms with Crippen molar-refractivity contribution in [2.75, 3.05) is 6.54 Å². The van der Waals surface area contributed by atoms with E-state index in [1.165, 1.54) is 55.4 Å². The van der Waals surface area contributed by atoms with E-state index in [2.05, 4.69) is 29.8 Å². The molecular formula is C17H23N3. The van der Waals surface area contributed by atoms with E-state index in [1.807, 2.05) is 0 Å². The lowest BCUT2D eigenvalue weighted by Gasteiger charge is -2.12. The molecule has 2 fully saturated rings. The van der Waals surface area contributed by atoms with Gasteiger partial charge in [-0.05, 0) is 43.4 Å². The number of aromatic nitrogens is 2. The summed E-state index contributed by atoms with van der Waals surface area (Å²) in [6, 6.07) is 6.79. The number of hydrogen-bond donors (Lipinski definition) is 1. The average Bonchev–Trinajstić information content (AvgIpc) is 2.95. The zero-order chi connectivity index (χ0) is 13.7. The Morgan fingerprint density at radius 3 is 2.70 bits per heavy atom. The highest BCUT2D eigenvalue weighted by atomic mass is 15.1. The first kappa shape index (κ1) is 12.4. The number of hydrogen-bond acceptors (Lipinski definition) is 2. The van der Waals surface area contributed by atoms with Crippen LogP contribution in [0, 0.1) is 0 Å². The van der Waals surface area contributed by atoms with E-state index in [1.54, 1.807) is 0 Å². The van der Waals surface area contributed by atoms with Crippen LogP contribution in [0.15, 0.2) is 18.2 Å². The Morgan fingerprint density at radius 1 is 1.30 bits per heavy atom. The van der Waals surface area contributed by atoms with Crippen molar-refractivity contribution >= 4 is 11.0 Å². The van der Waals surface area contributed by atoms with Gasteiger partial charge in [-0.3, -0.25) is 0 Å². The van der Waals surface area contributed by atoms with Gasteiger partial charge in [0, 0.05) is 24.9 Å². The van der Waals surface area contributed by atoms with Crippen LogP contribution in [0.1, 0.15) is 55.8 Å². The molecule has 0 atom stereocenters. The molecule has 0 saturated heterocycles. The molecule has 0 unspecified atom stereocenters. The molecular weight excluding hydrogens is 246 g/mol. The second-order valence-electron chi connectivity index (χ2n) is 6.70. The number of rotatable bonds is 3. The van der Waals surface area contributed by atoms with Gasteiger partial charge in [0.1, 0.15) is 5.82 Å². The van der Waals surface area contributed by atoms with Crippen molar-refractivity contribution in [2.24, 2.45) is 12.8 Å². The molecule has 0 radical (unpaired) electrons. The van der Waals surface area contributed by atoms with Gasteiger partial charge in [-0.2, -0.15) is 0 Å².